The summed E-state index contributed by atoms with van der Waals surface area (Å²) in [7, 11) is 0. The first-order valence-corrected chi connectivity index (χ1v) is 17.8. The molecule has 1 saturated carbocycles. The fourth-order valence-corrected chi connectivity index (χ4v) is 9.20. The Labute approximate surface area is 310 Å². The number of carboxylic acids is 1. The topological polar surface area (TPSA) is 174 Å². The number of hydrazine groups is 1. The highest BCUT2D eigenvalue weighted by atomic mass is 16.5. The van der Waals surface area contributed by atoms with Gasteiger partial charge in [0.25, 0.3) is 11.8 Å². The molecule has 2 aliphatic carbocycles. The van der Waals surface area contributed by atoms with Gasteiger partial charge in [-0.1, -0.05) is 65.7 Å². The standard InChI is InChI=1S/C42H37N3O9/c1-3-54-34-19-23(11-18-32(34)46)36-27-16-17-29-35(39(50)44(37(29)48)26-14-15-28(40(51)52)33(47)20-26)30(27)21-31-38(49)45(43-25-12-9-22(2)10-13-25)41(53)42(31,36)24-7-5-4-6-8-24/h4-16,18-20,29-31,35-36,43,46-47H,3,17,21H2,1-2H3,(H,51,52). The molecule has 4 aromatic carbocycles. The number of fused-ring (bicyclic) bond motifs is 4. The minimum absolute atomic E-state index is 0.0370. The van der Waals surface area contributed by atoms with Crippen molar-refractivity contribution in [1.82, 2.24) is 5.01 Å². The number of imide groups is 2. The van der Waals surface area contributed by atoms with E-state index in [0.29, 0.717) is 16.8 Å². The number of phenolic OH excluding ortho intramolecular Hbond substituents is 1. The van der Waals surface area contributed by atoms with Crippen LogP contribution < -0.4 is 15.1 Å². The Hall–Kier alpha value is -6.43. The SMILES string of the molecule is CCOc1cc(C2C3=CCC4C(=O)N(c5ccc(C(=O)O)c(O)c5)C(=O)C4C3CC3C(=O)N(Nc4ccc(C)cc4)C(=O)C32c2ccccc2)ccc1O. The smallest absolute Gasteiger partial charge is 0.339 e. The van der Waals surface area contributed by atoms with Crippen LogP contribution in [0.1, 0.15) is 52.7 Å². The number of benzene rings is 4. The number of hydrogen-bond donors (Lipinski definition) is 4. The first-order chi connectivity index (χ1) is 26.0. The van der Waals surface area contributed by atoms with E-state index in [1.54, 1.807) is 31.2 Å². The van der Waals surface area contributed by atoms with Gasteiger partial charge in [-0.2, -0.15) is 5.01 Å². The van der Waals surface area contributed by atoms with Crippen LogP contribution in [0.2, 0.25) is 0 Å². The van der Waals surface area contributed by atoms with Gasteiger partial charge in [0.05, 0.1) is 41.2 Å². The second-order valence-electron chi connectivity index (χ2n) is 14.3. The summed E-state index contributed by atoms with van der Waals surface area (Å²) in [5, 5.41) is 31.7. The highest BCUT2D eigenvalue weighted by molar-refractivity contribution is 6.23. The first kappa shape index (κ1) is 34.6. The molecule has 4 amide bonds. The summed E-state index contributed by atoms with van der Waals surface area (Å²) in [6.07, 6.45) is 2.15. The lowest BCUT2D eigenvalue weighted by atomic mass is 9.49. The lowest BCUT2D eigenvalue weighted by Crippen LogP contribution is -2.53. The number of allylic oxidation sites excluding steroid dienone is 2. The van der Waals surface area contributed by atoms with E-state index in [1.165, 1.54) is 12.1 Å². The lowest BCUT2D eigenvalue weighted by Gasteiger charge is -2.50. The molecular formula is C42H37N3O9. The quantitative estimate of drug-likeness (QED) is 0.130. The van der Waals surface area contributed by atoms with Crippen molar-refractivity contribution in [1.29, 1.82) is 0 Å². The molecule has 4 aliphatic rings. The van der Waals surface area contributed by atoms with Crippen LogP contribution in [0.3, 0.4) is 0 Å². The Morgan fingerprint density at radius 2 is 1.61 bits per heavy atom. The Bertz CT molecular complexity index is 2270. The van der Waals surface area contributed by atoms with Crippen molar-refractivity contribution in [2.75, 3.05) is 16.9 Å². The molecule has 4 N–H and O–H groups in total. The zero-order valence-electron chi connectivity index (χ0n) is 29.4. The fourth-order valence-electron chi connectivity index (χ4n) is 9.20. The molecule has 0 spiro atoms. The van der Waals surface area contributed by atoms with E-state index >= 15 is 4.79 Å². The number of carbonyl (C=O) groups excluding carboxylic acids is 4. The summed E-state index contributed by atoms with van der Waals surface area (Å²) in [6.45, 7) is 3.97. The first-order valence-electron chi connectivity index (χ1n) is 17.8. The molecular weight excluding hydrogens is 690 g/mol. The van der Waals surface area contributed by atoms with Crippen molar-refractivity contribution in [3.63, 3.8) is 0 Å². The maximum absolute atomic E-state index is 15.3. The minimum atomic E-state index is -1.50. The monoisotopic (exact) mass is 727 g/mol. The molecule has 12 nitrogen and oxygen atoms in total. The van der Waals surface area contributed by atoms with Crippen molar-refractivity contribution in [3.05, 3.63) is 125 Å². The average molecular weight is 728 g/mol. The van der Waals surface area contributed by atoms with Crippen molar-refractivity contribution in [3.8, 4) is 17.2 Å². The summed E-state index contributed by atoms with van der Waals surface area (Å²) in [5.41, 5.74) is 4.66. The Morgan fingerprint density at radius 1 is 0.870 bits per heavy atom. The molecule has 6 unspecified atom stereocenters. The second kappa shape index (κ2) is 12.9. The van der Waals surface area contributed by atoms with E-state index in [1.807, 2.05) is 55.5 Å². The molecule has 12 heteroatoms. The summed E-state index contributed by atoms with van der Waals surface area (Å²) in [4.78, 5) is 71.3. The van der Waals surface area contributed by atoms with Crippen molar-refractivity contribution >= 4 is 41.0 Å². The van der Waals surface area contributed by atoms with E-state index in [-0.39, 0.29) is 42.2 Å². The number of phenols is 2. The molecule has 0 radical (unpaired) electrons. The number of hydrogen-bond acceptors (Lipinski definition) is 9. The van der Waals surface area contributed by atoms with Crippen LogP contribution in [0.25, 0.3) is 0 Å². The maximum Gasteiger partial charge on any atom is 0.339 e. The molecule has 8 rings (SSSR count). The lowest BCUT2D eigenvalue weighted by molar-refractivity contribution is -0.138. The van der Waals surface area contributed by atoms with Gasteiger partial charge < -0.3 is 20.1 Å². The number of aryl methyl sites for hydroxylation is 1. The minimum Gasteiger partial charge on any atom is -0.507 e. The third kappa shape index (κ3) is 5.07. The number of ether oxygens (including phenoxy) is 1. The number of carboxylic acid groups (broad SMARTS) is 1. The summed E-state index contributed by atoms with van der Waals surface area (Å²) in [6, 6.07) is 24.8. The molecule has 0 bridgehead atoms. The van der Waals surface area contributed by atoms with Gasteiger partial charge in [0.1, 0.15) is 11.3 Å². The Balaban J connectivity index is 1.30. The number of nitrogens with one attached hydrogen (secondary N) is 1. The second-order valence-corrected chi connectivity index (χ2v) is 14.3. The summed E-state index contributed by atoms with van der Waals surface area (Å²) in [5.74, 6) is -8.06. The molecule has 2 heterocycles. The fraction of sp³-hybridized carbons (Fsp3) is 0.262. The number of anilines is 2. The number of nitrogens with zero attached hydrogens (tertiary/aromatic N) is 2. The van der Waals surface area contributed by atoms with Crippen LogP contribution in [-0.4, -0.2) is 56.5 Å². The number of rotatable bonds is 8. The van der Waals surface area contributed by atoms with Crippen LogP contribution in [0, 0.1) is 30.6 Å². The predicted octanol–water partition coefficient (Wildman–Crippen LogP) is 5.69. The molecule has 0 aromatic heterocycles. The highest BCUT2D eigenvalue weighted by Gasteiger charge is 2.70. The van der Waals surface area contributed by atoms with E-state index in [4.69, 9.17) is 4.74 Å². The number of amides is 4. The van der Waals surface area contributed by atoms with E-state index in [9.17, 15) is 34.5 Å². The number of carbonyl (C=O) groups is 5. The van der Waals surface area contributed by atoms with E-state index in [0.717, 1.165) is 33.2 Å². The normalized spacial score (nSPS) is 25.9. The Kier molecular flexibility index (Phi) is 8.28. The third-order valence-corrected chi connectivity index (χ3v) is 11.5. The molecule has 274 valence electrons. The van der Waals surface area contributed by atoms with E-state index in [2.05, 4.69) is 5.43 Å². The van der Waals surface area contributed by atoms with Crippen LogP contribution >= 0.6 is 0 Å². The predicted molar refractivity (Wildman–Crippen MR) is 196 cm³/mol. The summed E-state index contributed by atoms with van der Waals surface area (Å²) < 4.78 is 5.80. The van der Waals surface area contributed by atoms with Gasteiger partial charge in [-0.3, -0.25) is 24.6 Å². The van der Waals surface area contributed by atoms with Crippen LogP contribution in [0.4, 0.5) is 11.4 Å². The van der Waals surface area contributed by atoms with Gasteiger partial charge in [-0.25, -0.2) is 9.69 Å². The van der Waals surface area contributed by atoms with Gasteiger partial charge in [0.15, 0.2) is 11.5 Å². The van der Waals surface area contributed by atoms with Gasteiger partial charge in [-0.15, -0.1) is 0 Å². The zero-order valence-corrected chi connectivity index (χ0v) is 29.4. The molecule has 6 atom stereocenters. The molecule has 2 saturated heterocycles. The molecule has 2 aliphatic heterocycles. The number of aromatic hydroxyl groups is 2. The van der Waals surface area contributed by atoms with Crippen molar-refractivity contribution in [2.24, 2.45) is 23.7 Å². The maximum atomic E-state index is 15.3. The van der Waals surface area contributed by atoms with Gasteiger partial charge in [0, 0.05) is 12.0 Å². The Morgan fingerprint density at radius 3 is 2.30 bits per heavy atom. The molecule has 3 fully saturated rings. The van der Waals surface area contributed by atoms with Crippen LogP contribution in [0.5, 0.6) is 17.2 Å². The highest BCUT2D eigenvalue weighted by Crippen LogP contribution is 2.64. The average Bonchev–Trinajstić information content (AvgIpc) is 3.54. The van der Waals surface area contributed by atoms with Crippen LogP contribution in [0.15, 0.2) is 103 Å². The number of aromatic carboxylic acids is 1. The third-order valence-electron chi connectivity index (χ3n) is 11.5. The van der Waals surface area contributed by atoms with Gasteiger partial charge in [0.2, 0.25) is 11.8 Å². The molecule has 4 aromatic rings. The molecule has 54 heavy (non-hydrogen) atoms. The van der Waals surface area contributed by atoms with Gasteiger partial charge in [-0.05, 0) is 80.1 Å². The van der Waals surface area contributed by atoms with Crippen molar-refractivity contribution in [2.45, 2.75) is 38.0 Å². The summed E-state index contributed by atoms with van der Waals surface area (Å²) >= 11 is 0. The zero-order chi connectivity index (χ0) is 38.1. The van der Waals surface area contributed by atoms with Gasteiger partial charge >= 0.3 is 5.97 Å². The largest absolute Gasteiger partial charge is 0.507 e. The van der Waals surface area contributed by atoms with Crippen LogP contribution in [-0.2, 0) is 24.6 Å². The van der Waals surface area contributed by atoms with E-state index < -0.39 is 70.4 Å². The van der Waals surface area contributed by atoms with Crippen molar-refractivity contribution < 1.29 is 44.0 Å².